The molecule has 3 N–H and O–H groups in total. The second-order valence-corrected chi connectivity index (χ2v) is 4.74. The first-order valence-corrected chi connectivity index (χ1v) is 6.38. The molecule has 0 aromatic carbocycles. The van der Waals surface area contributed by atoms with Crippen molar-refractivity contribution < 1.29 is 14.7 Å². The lowest BCUT2D eigenvalue weighted by Gasteiger charge is -2.20. The Morgan fingerprint density at radius 1 is 1.53 bits per heavy atom. The molecule has 0 bridgehead atoms. The van der Waals surface area contributed by atoms with Gasteiger partial charge in [0, 0.05) is 31.9 Å². The van der Waals surface area contributed by atoms with Gasteiger partial charge in [0.2, 0.25) is 0 Å². The minimum Gasteiger partial charge on any atom is -0.480 e. The van der Waals surface area contributed by atoms with E-state index in [1.54, 1.807) is 12.4 Å². The summed E-state index contributed by atoms with van der Waals surface area (Å²) in [6.07, 6.45) is 6.14. The lowest BCUT2D eigenvalue weighted by atomic mass is 10.3. The molecule has 1 fully saturated rings. The molecule has 7 nitrogen and oxygen atoms in total. The number of urea groups is 1. The van der Waals surface area contributed by atoms with Crippen LogP contribution in [0.5, 0.6) is 0 Å². The van der Waals surface area contributed by atoms with E-state index >= 15 is 0 Å². The monoisotopic (exact) mass is 266 g/mol. The summed E-state index contributed by atoms with van der Waals surface area (Å²) in [4.78, 5) is 31.0. The van der Waals surface area contributed by atoms with Crippen LogP contribution in [0, 0.1) is 5.92 Å². The van der Waals surface area contributed by atoms with Crippen molar-refractivity contribution in [1.82, 2.24) is 20.2 Å². The van der Waals surface area contributed by atoms with Gasteiger partial charge in [0.15, 0.2) is 0 Å². The van der Waals surface area contributed by atoms with E-state index in [1.807, 2.05) is 0 Å². The first-order valence-electron chi connectivity index (χ1n) is 6.38. The summed E-state index contributed by atoms with van der Waals surface area (Å²) in [7, 11) is 0. The molecule has 1 saturated carbocycles. The Balaban J connectivity index is 1.75. The molecule has 1 aliphatic rings. The number of H-pyrrole nitrogens is 1. The number of aromatic nitrogens is 2. The van der Waals surface area contributed by atoms with Gasteiger partial charge in [-0.15, -0.1) is 0 Å². The number of carbonyl (C=O) groups excluding carboxylic acids is 1. The van der Waals surface area contributed by atoms with E-state index in [2.05, 4.69) is 15.3 Å². The highest BCUT2D eigenvalue weighted by molar-refractivity contribution is 5.80. The molecule has 0 aliphatic heterocycles. The van der Waals surface area contributed by atoms with Gasteiger partial charge in [0.25, 0.3) is 0 Å². The molecule has 2 rings (SSSR count). The number of hydrogen-bond acceptors (Lipinski definition) is 3. The fourth-order valence-corrected chi connectivity index (χ4v) is 1.83. The summed E-state index contributed by atoms with van der Waals surface area (Å²) in [6, 6.07) is -0.319. The number of rotatable bonds is 7. The van der Waals surface area contributed by atoms with Crippen molar-refractivity contribution in [3.05, 3.63) is 18.2 Å². The third-order valence-electron chi connectivity index (χ3n) is 2.98. The first kappa shape index (κ1) is 13.4. The van der Waals surface area contributed by atoms with Crippen LogP contribution in [0.1, 0.15) is 18.7 Å². The SMILES string of the molecule is O=C(O)CN(CC1CC1)C(=O)NCCc1ncc[nH]1. The van der Waals surface area contributed by atoms with Crippen LogP contribution >= 0.6 is 0 Å². The fourth-order valence-electron chi connectivity index (χ4n) is 1.83. The molecular formula is C12H18N4O3. The topological polar surface area (TPSA) is 98.3 Å². The average Bonchev–Trinajstić information content (AvgIpc) is 3.02. The molecule has 0 radical (unpaired) electrons. The Morgan fingerprint density at radius 2 is 2.32 bits per heavy atom. The number of nitrogens with one attached hydrogen (secondary N) is 2. The van der Waals surface area contributed by atoms with Crippen LogP contribution in [0.3, 0.4) is 0 Å². The Labute approximate surface area is 111 Å². The van der Waals surface area contributed by atoms with Crippen LogP contribution in [0.25, 0.3) is 0 Å². The van der Waals surface area contributed by atoms with Crippen molar-refractivity contribution in [3.63, 3.8) is 0 Å². The van der Waals surface area contributed by atoms with Gasteiger partial charge >= 0.3 is 12.0 Å². The van der Waals surface area contributed by atoms with Crippen LogP contribution in [-0.2, 0) is 11.2 Å². The first-order chi connectivity index (χ1) is 9.15. The zero-order valence-electron chi connectivity index (χ0n) is 10.6. The van der Waals surface area contributed by atoms with Crippen molar-refractivity contribution in [2.75, 3.05) is 19.6 Å². The number of aliphatic carboxylic acids is 1. The molecule has 1 aliphatic carbocycles. The Kier molecular flexibility index (Phi) is 4.38. The highest BCUT2D eigenvalue weighted by Crippen LogP contribution is 2.29. The third-order valence-corrected chi connectivity index (χ3v) is 2.98. The number of nitrogens with zero attached hydrogens (tertiary/aromatic N) is 2. The van der Waals surface area contributed by atoms with Crippen LogP contribution in [-0.4, -0.2) is 51.6 Å². The maximum Gasteiger partial charge on any atom is 0.323 e. The van der Waals surface area contributed by atoms with Crippen LogP contribution in [0.4, 0.5) is 4.79 Å². The van der Waals surface area contributed by atoms with Crippen LogP contribution < -0.4 is 5.32 Å². The van der Waals surface area contributed by atoms with Crippen molar-refractivity contribution in [2.45, 2.75) is 19.3 Å². The second-order valence-electron chi connectivity index (χ2n) is 4.74. The molecule has 19 heavy (non-hydrogen) atoms. The highest BCUT2D eigenvalue weighted by Gasteiger charge is 2.27. The number of imidazole rings is 1. The van der Waals surface area contributed by atoms with Gasteiger partial charge in [0.05, 0.1) is 0 Å². The minimum atomic E-state index is -0.984. The molecule has 0 unspecified atom stereocenters. The van der Waals surface area contributed by atoms with Gasteiger partial charge < -0.3 is 20.3 Å². The summed E-state index contributed by atoms with van der Waals surface area (Å²) >= 11 is 0. The van der Waals surface area contributed by atoms with E-state index in [1.165, 1.54) is 4.90 Å². The molecule has 1 aromatic heterocycles. The molecule has 1 aromatic rings. The predicted octanol–water partition coefficient (Wildman–Crippen LogP) is 0.458. The van der Waals surface area contributed by atoms with Crippen molar-refractivity contribution in [3.8, 4) is 0 Å². The summed E-state index contributed by atoms with van der Waals surface area (Å²) in [6.45, 7) is 0.717. The summed E-state index contributed by atoms with van der Waals surface area (Å²) in [5.74, 6) is 0.282. The second kappa shape index (κ2) is 6.21. The van der Waals surface area contributed by atoms with Gasteiger partial charge in [-0.05, 0) is 18.8 Å². The molecule has 104 valence electrons. The Bertz CT molecular complexity index is 428. The standard InChI is InChI=1S/C12H18N4O3/c17-11(18)8-16(7-9-1-2-9)12(19)15-4-3-10-13-5-6-14-10/h5-6,9H,1-4,7-8H2,(H,13,14)(H,15,19)(H,17,18). The Hall–Kier alpha value is -2.05. The van der Waals surface area contributed by atoms with Crippen LogP contribution in [0.2, 0.25) is 0 Å². The van der Waals surface area contributed by atoms with Gasteiger partial charge in [-0.3, -0.25) is 4.79 Å². The molecule has 1 heterocycles. The quantitative estimate of drug-likeness (QED) is 0.667. The van der Waals surface area contributed by atoms with Gasteiger partial charge in [-0.1, -0.05) is 0 Å². The smallest absolute Gasteiger partial charge is 0.323 e. The minimum absolute atomic E-state index is 0.247. The van der Waals surface area contributed by atoms with E-state index in [-0.39, 0.29) is 12.6 Å². The van der Waals surface area contributed by atoms with E-state index in [0.29, 0.717) is 25.4 Å². The number of carboxylic acids is 1. The maximum atomic E-state index is 11.9. The molecular weight excluding hydrogens is 248 g/mol. The molecule has 2 amide bonds. The molecule has 0 spiro atoms. The normalized spacial score (nSPS) is 14.1. The molecule has 7 heteroatoms. The predicted molar refractivity (Wildman–Crippen MR) is 67.6 cm³/mol. The zero-order chi connectivity index (χ0) is 13.7. The lowest BCUT2D eigenvalue weighted by Crippen LogP contribution is -2.44. The third kappa shape index (κ3) is 4.61. The highest BCUT2D eigenvalue weighted by atomic mass is 16.4. The van der Waals surface area contributed by atoms with E-state index in [9.17, 15) is 9.59 Å². The lowest BCUT2D eigenvalue weighted by molar-refractivity contribution is -0.137. The van der Waals surface area contributed by atoms with Gasteiger partial charge in [-0.25, -0.2) is 9.78 Å². The molecule has 0 atom stereocenters. The maximum absolute atomic E-state index is 11.9. The summed E-state index contributed by atoms with van der Waals surface area (Å²) < 4.78 is 0. The fraction of sp³-hybridized carbons (Fsp3) is 0.583. The zero-order valence-corrected chi connectivity index (χ0v) is 10.6. The van der Waals surface area contributed by atoms with Crippen molar-refractivity contribution in [2.24, 2.45) is 5.92 Å². The number of aromatic amines is 1. The van der Waals surface area contributed by atoms with E-state index < -0.39 is 5.97 Å². The number of hydrogen-bond donors (Lipinski definition) is 3. The number of carbonyl (C=O) groups is 2. The Morgan fingerprint density at radius 3 is 2.89 bits per heavy atom. The van der Waals surface area contributed by atoms with Crippen LogP contribution in [0.15, 0.2) is 12.4 Å². The van der Waals surface area contributed by atoms with Gasteiger partial charge in [-0.2, -0.15) is 0 Å². The summed E-state index contributed by atoms with van der Waals surface area (Å²) in [5.41, 5.74) is 0. The van der Waals surface area contributed by atoms with E-state index in [4.69, 9.17) is 5.11 Å². The number of amides is 2. The molecule has 0 saturated heterocycles. The average molecular weight is 266 g/mol. The van der Waals surface area contributed by atoms with E-state index in [0.717, 1.165) is 18.7 Å². The van der Waals surface area contributed by atoms with Crippen molar-refractivity contribution in [1.29, 1.82) is 0 Å². The van der Waals surface area contributed by atoms with Gasteiger partial charge in [0.1, 0.15) is 12.4 Å². The summed E-state index contributed by atoms with van der Waals surface area (Å²) in [5, 5.41) is 11.5. The largest absolute Gasteiger partial charge is 0.480 e. The number of carboxylic acid groups (broad SMARTS) is 1. The van der Waals surface area contributed by atoms with Crippen molar-refractivity contribution >= 4 is 12.0 Å².